The van der Waals surface area contributed by atoms with Crippen LogP contribution in [0.15, 0.2) is 0 Å². The number of esters is 1. The molecule has 1 atom stereocenters. The number of likely N-dealkylation sites (tertiary alicyclic amines) is 1. The standard InChI is InChI=1S/C15H25NO4/c1-19-12-8-6-11(7-9-12)14(17)16-10-4-3-5-13(16)15(18)20-2/h11-13H,3-10H2,1-2H3. The first-order valence-corrected chi connectivity index (χ1v) is 7.58. The molecule has 0 N–H and O–H groups in total. The Morgan fingerprint density at radius 2 is 1.70 bits per heavy atom. The summed E-state index contributed by atoms with van der Waals surface area (Å²) >= 11 is 0. The van der Waals surface area contributed by atoms with Gasteiger partial charge in [0, 0.05) is 19.6 Å². The molecule has 0 spiro atoms. The van der Waals surface area contributed by atoms with E-state index in [0.29, 0.717) is 6.54 Å². The maximum Gasteiger partial charge on any atom is 0.328 e. The molecule has 0 radical (unpaired) electrons. The number of hydrogen-bond acceptors (Lipinski definition) is 4. The van der Waals surface area contributed by atoms with Crippen molar-refractivity contribution < 1.29 is 19.1 Å². The van der Waals surface area contributed by atoms with Crippen LogP contribution >= 0.6 is 0 Å². The molecule has 0 aromatic carbocycles. The lowest BCUT2D eigenvalue weighted by Gasteiger charge is -2.37. The highest BCUT2D eigenvalue weighted by molar-refractivity contribution is 5.86. The molecule has 1 heterocycles. The van der Waals surface area contributed by atoms with E-state index in [9.17, 15) is 9.59 Å². The first-order valence-electron chi connectivity index (χ1n) is 7.58. The summed E-state index contributed by atoms with van der Waals surface area (Å²) in [6.45, 7) is 0.683. The summed E-state index contributed by atoms with van der Waals surface area (Å²) in [7, 11) is 3.12. The Hall–Kier alpha value is -1.10. The fourth-order valence-corrected chi connectivity index (χ4v) is 3.36. The quantitative estimate of drug-likeness (QED) is 0.740. The van der Waals surface area contributed by atoms with E-state index < -0.39 is 0 Å². The van der Waals surface area contributed by atoms with Crippen molar-refractivity contribution in [1.82, 2.24) is 4.90 Å². The molecule has 1 aliphatic heterocycles. The van der Waals surface area contributed by atoms with Gasteiger partial charge in [0.1, 0.15) is 6.04 Å². The lowest BCUT2D eigenvalue weighted by molar-refractivity contribution is -0.157. The largest absolute Gasteiger partial charge is 0.467 e. The Bertz CT molecular complexity index is 350. The van der Waals surface area contributed by atoms with E-state index in [1.165, 1.54) is 7.11 Å². The van der Waals surface area contributed by atoms with E-state index >= 15 is 0 Å². The smallest absolute Gasteiger partial charge is 0.328 e. The number of piperidine rings is 1. The van der Waals surface area contributed by atoms with Gasteiger partial charge in [-0.1, -0.05) is 0 Å². The second-order valence-corrected chi connectivity index (χ2v) is 5.78. The monoisotopic (exact) mass is 283 g/mol. The molecule has 5 heteroatoms. The van der Waals surface area contributed by atoms with Crippen LogP contribution in [-0.4, -0.2) is 49.7 Å². The first-order chi connectivity index (χ1) is 9.67. The summed E-state index contributed by atoms with van der Waals surface area (Å²) in [6, 6.07) is -0.374. The summed E-state index contributed by atoms with van der Waals surface area (Å²) < 4.78 is 10.2. The summed E-state index contributed by atoms with van der Waals surface area (Å²) in [6.07, 6.45) is 6.58. The number of methoxy groups -OCH3 is 2. The molecule has 1 aliphatic carbocycles. The van der Waals surface area contributed by atoms with Crippen LogP contribution < -0.4 is 0 Å². The average molecular weight is 283 g/mol. The highest BCUT2D eigenvalue weighted by atomic mass is 16.5. The van der Waals surface area contributed by atoms with Gasteiger partial charge < -0.3 is 14.4 Å². The van der Waals surface area contributed by atoms with E-state index in [1.54, 1.807) is 12.0 Å². The number of carbonyl (C=O) groups is 2. The van der Waals surface area contributed by atoms with Crippen LogP contribution in [0.5, 0.6) is 0 Å². The number of hydrogen-bond donors (Lipinski definition) is 0. The van der Waals surface area contributed by atoms with Gasteiger partial charge in [0.2, 0.25) is 5.91 Å². The molecular formula is C15H25NO4. The van der Waals surface area contributed by atoms with Crippen molar-refractivity contribution in [3.05, 3.63) is 0 Å². The van der Waals surface area contributed by atoms with Crippen molar-refractivity contribution in [3.63, 3.8) is 0 Å². The van der Waals surface area contributed by atoms with E-state index in [4.69, 9.17) is 9.47 Å². The Kier molecular flexibility index (Phi) is 5.40. The van der Waals surface area contributed by atoms with Gasteiger partial charge in [-0.05, 0) is 44.9 Å². The predicted molar refractivity (Wildman–Crippen MR) is 74.1 cm³/mol. The van der Waals surface area contributed by atoms with Crippen molar-refractivity contribution in [3.8, 4) is 0 Å². The number of ether oxygens (including phenoxy) is 2. The highest BCUT2D eigenvalue weighted by Crippen LogP contribution is 2.30. The lowest BCUT2D eigenvalue weighted by Crippen LogP contribution is -2.51. The zero-order chi connectivity index (χ0) is 14.5. The van der Waals surface area contributed by atoms with Crippen LogP contribution in [0.3, 0.4) is 0 Å². The normalized spacial score (nSPS) is 30.9. The Morgan fingerprint density at radius 1 is 1.00 bits per heavy atom. The molecule has 2 fully saturated rings. The van der Waals surface area contributed by atoms with E-state index in [-0.39, 0.29) is 29.9 Å². The SMILES string of the molecule is COC(=O)C1CCCCN1C(=O)C1CCC(OC)CC1. The molecule has 1 saturated heterocycles. The van der Waals surface area contributed by atoms with Gasteiger partial charge >= 0.3 is 5.97 Å². The Balaban J connectivity index is 1.97. The lowest BCUT2D eigenvalue weighted by atomic mass is 9.85. The molecule has 0 bridgehead atoms. The van der Waals surface area contributed by atoms with Crippen molar-refractivity contribution in [2.45, 2.75) is 57.1 Å². The Morgan fingerprint density at radius 3 is 2.30 bits per heavy atom. The van der Waals surface area contributed by atoms with Crippen molar-refractivity contribution in [2.75, 3.05) is 20.8 Å². The maximum absolute atomic E-state index is 12.7. The number of rotatable bonds is 3. The maximum atomic E-state index is 12.7. The molecule has 0 aromatic heterocycles. The van der Waals surface area contributed by atoms with E-state index in [2.05, 4.69) is 0 Å². The molecule has 0 aromatic rings. The van der Waals surface area contributed by atoms with Crippen LogP contribution in [-0.2, 0) is 19.1 Å². The summed E-state index contributed by atoms with van der Waals surface area (Å²) in [4.78, 5) is 26.2. The molecule has 1 amide bonds. The fourth-order valence-electron chi connectivity index (χ4n) is 3.36. The molecule has 2 rings (SSSR count). The van der Waals surface area contributed by atoms with Gasteiger partial charge in [0.25, 0.3) is 0 Å². The van der Waals surface area contributed by atoms with Crippen LogP contribution in [0, 0.1) is 5.92 Å². The fraction of sp³-hybridized carbons (Fsp3) is 0.867. The highest BCUT2D eigenvalue weighted by Gasteiger charge is 2.37. The third-order valence-corrected chi connectivity index (χ3v) is 4.62. The second kappa shape index (κ2) is 7.07. The van der Waals surface area contributed by atoms with Crippen LogP contribution in [0.1, 0.15) is 44.9 Å². The zero-order valence-corrected chi connectivity index (χ0v) is 12.5. The van der Waals surface area contributed by atoms with Crippen LogP contribution in [0.2, 0.25) is 0 Å². The van der Waals surface area contributed by atoms with Crippen molar-refractivity contribution >= 4 is 11.9 Å². The van der Waals surface area contributed by atoms with Gasteiger partial charge in [0.05, 0.1) is 13.2 Å². The zero-order valence-electron chi connectivity index (χ0n) is 12.5. The molecule has 1 unspecified atom stereocenters. The average Bonchev–Trinajstić information content (AvgIpc) is 2.53. The number of amides is 1. The third-order valence-electron chi connectivity index (χ3n) is 4.62. The van der Waals surface area contributed by atoms with Gasteiger partial charge in [-0.2, -0.15) is 0 Å². The van der Waals surface area contributed by atoms with Crippen molar-refractivity contribution in [1.29, 1.82) is 0 Å². The number of nitrogens with zero attached hydrogens (tertiary/aromatic N) is 1. The molecule has 5 nitrogen and oxygen atoms in total. The van der Waals surface area contributed by atoms with Crippen LogP contribution in [0.25, 0.3) is 0 Å². The first kappa shape index (κ1) is 15.3. The van der Waals surface area contributed by atoms with Gasteiger partial charge in [0.15, 0.2) is 0 Å². The number of carbonyl (C=O) groups excluding carboxylic acids is 2. The topological polar surface area (TPSA) is 55.8 Å². The predicted octanol–water partition coefficient (Wildman–Crippen LogP) is 1.75. The third kappa shape index (κ3) is 3.32. The van der Waals surface area contributed by atoms with Crippen molar-refractivity contribution in [2.24, 2.45) is 5.92 Å². The summed E-state index contributed by atoms with van der Waals surface area (Å²) in [5.74, 6) is -0.0927. The minimum Gasteiger partial charge on any atom is -0.467 e. The molecule has 114 valence electrons. The molecule has 20 heavy (non-hydrogen) atoms. The van der Waals surface area contributed by atoms with E-state index in [0.717, 1.165) is 44.9 Å². The minimum atomic E-state index is -0.374. The minimum absolute atomic E-state index is 0.0478. The molecule has 2 aliphatic rings. The Labute approximate surface area is 120 Å². The van der Waals surface area contributed by atoms with Gasteiger partial charge in [-0.3, -0.25) is 4.79 Å². The summed E-state index contributed by atoms with van der Waals surface area (Å²) in [5.41, 5.74) is 0. The van der Waals surface area contributed by atoms with Crippen LogP contribution in [0.4, 0.5) is 0 Å². The second-order valence-electron chi connectivity index (χ2n) is 5.78. The van der Waals surface area contributed by atoms with E-state index in [1.807, 2.05) is 0 Å². The van der Waals surface area contributed by atoms with Gasteiger partial charge in [-0.25, -0.2) is 4.79 Å². The molecular weight excluding hydrogens is 258 g/mol. The van der Waals surface area contributed by atoms with Gasteiger partial charge in [-0.15, -0.1) is 0 Å². The summed E-state index contributed by atoms with van der Waals surface area (Å²) in [5, 5.41) is 0. The molecule has 1 saturated carbocycles.